The van der Waals surface area contributed by atoms with Gasteiger partial charge >= 0.3 is 0 Å². The fourth-order valence-electron chi connectivity index (χ4n) is 2.63. The molecule has 1 saturated heterocycles. The van der Waals surface area contributed by atoms with Crippen molar-refractivity contribution in [3.05, 3.63) is 0 Å². The molecule has 0 bridgehead atoms. The molecule has 102 valence electrons. The van der Waals surface area contributed by atoms with Gasteiger partial charge in [-0.15, -0.1) is 0 Å². The van der Waals surface area contributed by atoms with Gasteiger partial charge in [-0.05, 0) is 39.0 Å². The molecule has 1 rings (SSSR count). The minimum atomic E-state index is -0.0931. The van der Waals surface area contributed by atoms with Crippen LogP contribution in [-0.4, -0.2) is 18.0 Å². The van der Waals surface area contributed by atoms with E-state index in [1.54, 1.807) is 0 Å². The molecule has 1 aliphatic heterocycles. The molecule has 0 aromatic heterocycles. The van der Waals surface area contributed by atoms with Crippen LogP contribution >= 0.6 is 0 Å². The molecule has 1 fully saturated rings. The van der Waals surface area contributed by atoms with E-state index in [9.17, 15) is 0 Å². The Balaban J connectivity index is 2.45. The van der Waals surface area contributed by atoms with Crippen molar-refractivity contribution in [3.63, 3.8) is 0 Å². The van der Waals surface area contributed by atoms with Gasteiger partial charge in [-0.3, -0.25) is 0 Å². The Morgan fingerprint density at radius 1 is 1.12 bits per heavy atom. The molecular formula is C15H30O2. The Morgan fingerprint density at radius 2 is 1.71 bits per heavy atom. The van der Waals surface area contributed by atoms with E-state index in [-0.39, 0.29) is 11.9 Å². The van der Waals surface area contributed by atoms with E-state index in [2.05, 4.69) is 41.5 Å². The Hall–Kier alpha value is -0.0800. The van der Waals surface area contributed by atoms with Crippen LogP contribution in [0.15, 0.2) is 0 Å². The molecule has 4 unspecified atom stereocenters. The smallest absolute Gasteiger partial charge is 0.185 e. The highest BCUT2D eigenvalue weighted by Gasteiger charge is 2.48. The average molecular weight is 242 g/mol. The van der Waals surface area contributed by atoms with Gasteiger partial charge in [0.15, 0.2) is 6.29 Å². The number of ether oxygens (including phenoxy) is 2. The second kappa shape index (κ2) is 6.19. The van der Waals surface area contributed by atoms with Crippen molar-refractivity contribution in [2.24, 2.45) is 11.8 Å². The maximum Gasteiger partial charge on any atom is 0.185 e. The lowest BCUT2D eigenvalue weighted by atomic mass is 9.84. The van der Waals surface area contributed by atoms with Crippen molar-refractivity contribution in [2.75, 3.05) is 0 Å². The van der Waals surface area contributed by atoms with Crippen LogP contribution in [0.2, 0.25) is 0 Å². The van der Waals surface area contributed by atoms with Crippen LogP contribution in [0.5, 0.6) is 0 Å². The highest BCUT2D eigenvalue weighted by molar-refractivity contribution is 4.88. The van der Waals surface area contributed by atoms with Gasteiger partial charge in [0.1, 0.15) is 6.10 Å². The van der Waals surface area contributed by atoms with Gasteiger partial charge in [-0.25, -0.2) is 0 Å². The minimum absolute atomic E-state index is 0.0471. The van der Waals surface area contributed by atoms with Crippen LogP contribution in [0.4, 0.5) is 0 Å². The quantitative estimate of drug-likeness (QED) is 0.618. The van der Waals surface area contributed by atoms with Crippen LogP contribution in [-0.2, 0) is 9.47 Å². The number of hydrogen-bond donors (Lipinski definition) is 0. The zero-order valence-corrected chi connectivity index (χ0v) is 12.5. The maximum absolute atomic E-state index is 5.89. The fourth-order valence-corrected chi connectivity index (χ4v) is 2.63. The molecule has 4 atom stereocenters. The van der Waals surface area contributed by atoms with Gasteiger partial charge in [0.05, 0.1) is 5.60 Å². The average Bonchev–Trinajstić information content (AvgIpc) is 2.90. The Labute approximate surface area is 107 Å². The lowest BCUT2D eigenvalue weighted by Gasteiger charge is -2.23. The summed E-state index contributed by atoms with van der Waals surface area (Å²) in [6.07, 6.45) is 5.45. The highest BCUT2D eigenvalue weighted by atomic mass is 16.8. The molecule has 2 nitrogen and oxygen atoms in total. The van der Waals surface area contributed by atoms with Crippen molar-refractivity contribution in [1.82, 2.24) is 0 Å². The predicted molar refractivity (Wildman–Crippen MR) is 72.0 cm³/mol. The monoisotopic (exact) mass is 242 g/mol. The highest BCUT2D eigenvalue weighted by Crippen LogP contribution is 2.40. The van der Waals surface area contributed by atoms with Gasteiger partial charge in [0.2, 0.25) is 0 Å². The van der Waals surface area contributed by atoms with Crippen molar-refractivity contribution < 1.29 is 9.47 Å². The Morgan fingerprint density at radius 3 is 2.18 bits per heavy atom. The van der Waals surface area contributed by atoms with Crippen LogP contribution in [0.3, 0.4) is 0 Å². The molecule has 0 aromatic carbocycles. The third-order valence-corrected chi connectivity index (χ3v) is 3.47. The molecule has 17 heavy (non-hydrogen) atoms. The summed E-state index contributed by atoms with van der Waals surface area (Å²) in [7, 11) is 0. The van der Waals surface area contributed by atoms with Crippen molar-refractivity contribution in [3.8, 4) is 0 Å². The van der Waals surface area contributed by atoms with Gasteiger partial charge in [-0.1, -0.05) is 40.0 Å². The van der Waals surface area contributed by atoms with Gasteiger partial charge in [0, 0.05) is 0 Å². The second-order valence-electron chi connectivity index (χ2n) is 6.42. The van der Waals surface area contributed by atoms with Crippen molar-refractivity contribution >= 4 is 0 Å². The van der Waals surface area contributed by atoms with E-state index in [1.807, 2.05) is 0 Å². The molecule has 1 aliphatic rings. The van der Waals surface area contributed by atoms with Crippen LogP contribution in [0.1, 0.15) is 67.2 Å². The lowest BCUT2D eigenvalue weighted by molar-refractivity contribution is -0.0573. The number of rotatable bonds is 7. The molecule has 0 radical (unpaired) electrons. The largest absolute Gasteiger partial charge is 0.344 e. The van der Waals surface area contributed by atoms with E-state index in [4.69, 9.17) is 9.47 Å². The van der Waals surface area contributed by atoms with Crippen molar-refractivity contribution in [2.45, 2.75) is 85.2 Å². The first kappa shape index (κ1) is 15.0. The first-order valence-corrected chi connectivity index (χ1v) is 7.22. The van der Waals surface area contributed by atoms with Crippen LogP contribution < -0.4 is 0 Å². The van der Waals surface area contributed by atoms with Gasteiger partial charge in [0.25, 0.3) is 0 Å². The second-order valence-corrected chi connectivity index (χ2v) is 6.42. The van der Waals surface area contributed by atoms with E-state index in [0.717, 1.165) is 5.92 Å². The normalized spacial score (nSPS) is 27.9. The first-order valence-electron chi connectivity index (χ1n) is 7.22. The summed E-state index contributed by atoms with van der Waals surface area (Å²) in [5, 5.41) is 0. The standard InChI is InChI=1S/C15H30O2/c1-7-9-11(3)12(10-8-2)13-14(16-13)17-15(4,5)6/h11-14H,7-10H2,1-6H3. The molecule has 0 amide bonds. The number of epoxide rings is 1. The lowest BCUT2D eigenvalue weighted by Crippen LogP contribution is -2.25. The summed E-state index contributed by atoms with van der Waals surface area (Å²) in [4.78, 5) is 0. The molecule has 0 N–H and O–H groups in total. The predicted octanol–water partition coefficient (Wildman–Crippen LogP) is 4.38. The SMILES string of the molecule is CCCC(C)C(CCC)C1OC1OC(C)(C)C. The molecule has 0 spiro atoms. The summed E-state index contributed by atoms with van der Waals surface area (Å²) in [5.74, 6) is 1.42. The summed E-state index contributed by atoms with van der Waals surface area (Å²) >= 11 is 0. The van der Waals surface area contributed by atoms with Gasteiger partial charge in [-0.2, -0.15) is 0 Å². The summed E-state index contributed by atoms with van der Waals surface area (Å²) in [6, 6.07) is 0. The zero-order chi connectivity index (χ0) is 13.1. The third kappa shape index (κ3) is 4.97. The van der Waals surface area contributed by atoms with E-state index < -0.39 is 0 Å². The Kier molecular flexibility index (Phi) is 5.46. The van der Waals surface area contributed by atoms with Gasteiger partial charge < -0.3 is 9.47 Å². The first-order chi connectivity index (χ1) is 7.89. The summed E-state index contributed by atoms with van der Waals surface area (Å²) in [6.45, 7) is 13.2. The molecule has 0 saturated carbocycles. The van der Waals surface area contributed by atoms with E-state index in [1.165, 1.54) is 25.7 Å². The number of hydrogen-bond acceptors (Lipinski definition) is 2. The summed E-state index contributed by atoms with van der Waals surface area (Å²) in [5.41, 5.74) is -0.0931. The van der Waals surface area contributed by atoms with Crippen molar-refractivity contribution in [1.29, 1.82) is 0 Å². The zero-order valence-electron chi connectivity index (χ0n) is 12.5. The van der Waals surface area contributed by atoms with E-state index >= 15 is 0 Å². The van der Waals surface area contributed by atoms with Crippen LogP contribution in [0, 0.1) is 11.8 Å². The maximum atomic E-state index is 5.89. The van der Waals surface area contributed by atoms with Crippen LogP contribution in [0.25, 0.3) is 0 Å². The fraction of sp³-hybridized carbons (Fsp3) is 1.00. The molecule has 0 aromatic rings. The Bertz CT molecular complexity index is 219. The third-order valence-electron chi connectivity index (χ3n) is 3.47. The topological polar surface area (TPSA) is 21.8 Å². The summed E-state index contributed by atoms with van der Waals surface area (Å²) < 4.78 is 11.6. The molecule has 2 heteroatoms. The minimum Gasteiger partial charge on any atom is -0.344 e. The van der Waals surface area contributed by atoms with E-state index in [0.29, 0.717) is 12.0 Å². The molecule has 1 heterocycles. The molecular weight excluding hydrogens is 212 g/mol. The molecule has 0 aliphatic carbocycles.